The summed E-state index contributed by atoms with van der Waals surface area (Å²) in [5.41, 5.74) is 3.42. The van der Waals surface area contributed by atoms with Crippen LogP contribution in [0, 0.1) is 12.7 Å². The number of sulfonamides is 1. The van der Waals surface area contributed by atoms with Crippen molar-refractivity contribution < 1.29 is 12.8 Å². The first-order valence-corrected chi connectivity index (χ1v) is 9.91. The summed E-state index contributed by atoms with van der Waals surface area (Å²) in [7, 11) is -3.12. The summed E-state index contributed by atoms with van der Waals surface area (Å²) in [6, 6.07) is 4.97. The molecule has 3 rings (SSSR count). The molecule has 1 aromatic heterocycles. The average Bonchev–Trinajstić information content (AvgIpc) is 2.77. The highest BCUT2D eigenvalue weighted by Gasteiger charge is 2.29. The highest BCUT2D eigenvalue weighted by molar-refractivity contribution is 7.88. The fourth-order valence-electron chi connectivity index (χ4n) is 3.88. The summed E-state index contributed by atoms with van der Waals surface area (Å²) in [6.45, 7) is 6.09. The molecule has 0 unspecified atom stereocenters. The summed E-state index contributed by atoms with van der Waals surface area (Å²) in [5, 5.41) is 0.974. The Hall–Kier alpha value is -1.40. The molecule has 0 amide bonds. The number of piperidine rings is 1. The fourth-order valence-corrected chi connectivity index (χ4v) is 4.75. The van der Waals surface area contributed by atoms with Gasteiger partial charge in [-0.25, -0.2) is 17.1 Å². The van der Waals surface area contributed by atoms with Crippen LogP contribution in [-0.2, 0) is 16.6 Å². The molecule has 1 fully saturated rings. The van der Waals surface area contributed by atoms with E-state index in [-0.39, 0.29) is 11.7 Å². The van der Waals surface area contributed by atoms with Crippen molar-refractivity contribution in [3.63, 3.8) is 0 Å². The third-order valence-corrected chi connectivity index (χ3v) is 6.28. The minimum atomic E-state index is -3.12. The van der Waals surface area contributed by atoms with E-state index in [1.165, 1.54) is 23.6 Å². The molecule has 0 aliphatic carbocycles. The molecule has 1 aliphatic rings. The largest absolute Gasteiger partial charge is 0.345 e. The van der Waals surface area contributed by atoms with Gasteiger partial charge >= 0.3 is 0 Å². The Labute approximate surface area is 136 Å². The zero-order valence-corrected chi connectivity index (χ0v) is 14.7. The first-order valence-electron chi connectivity index (χ1n) is 8.06. The number of rotatable bonds is 3. The van der Waals surface area contributed by atoms with Gasteiger partial charge in [-0.15, -0.1) is 0 Å². The Morgan fingerprint density at radius 3 is 2.48 bits per heavy atom. The van der Waals surface area contributed by atoms with Crippen LogP contribution in [0.5, 0.6) is 0 Å². The third-order valence-electron chi connectivity index (χ3n) is 4.98. The number of nitrogens with zero attached hydrogens (tertiary/aromatic N) is 2. The van der Waals surface area contributed by atoms with E-state index < -0.39 is 10.0 Å². The standard InChI is InChI=1S/C17H23FN2O2S/c1-4-20-12(2)17(15-11-14(18)5-6-16(15)20)13-7-9-19(10-8-13)23(3,21)22/h5-6,11,13H,4,7-10H2,1-3H3. The average molecular weight is 338 g/mol. The van der Waals surface area contributed by atoms with Crippen LogP contribution in [0.2, 0.25) is 0 Å². The third kappa shape index (κ3) is 2.90. The highest BCUT2D eigenvalue weighted by atomic mass is 32.2. The Kier molecular flexibility index (Phi) is 4.23. The highest BCUT2D eigenvalue weighted by Crippen LogP contribution is 2.38. The molecule has 126 valence electrons. The lowest BCUT2D eigenvalue weighted by Crippen LogP contribution is -2.37. The van der Waals surface area contributed by atoms with Crippen molar-refractivity contribution in [2.75, 3.05) is 19.3 Å². The van der Waals surface area contributed by atoms with Gasteiger partial charge in [0.1, 0.15) is 5.82 Å². The lowest BCUT2D eigenvalue weighted by Gasteiger charge is -2.30. The van der Waals surface area contributed by atoms with Crippen LogP contribution in [0.4, 0.5) is 4.39 Å². The minimum Gasteiger partial charge on any atom is -0.345 e. The Balaban J connectivity index is 2.01. The zero-order valence-electron chi connectivity index (χ0n) is 13.8. The number of aryl methyl sites for hydroxylation is 1. The van der Waals surface area contributed by atoms with Gasteiger partial charge in [0, 0.05) is 36.2 Å². The fraction of sp³-hybridized carbons (Fsp3) is 0.529. The van der Waals surface area contributed by atoms with Crippen LogP contribution in [-0.4, -0.2) is 36.6 Å². The van der Waals surface area contributed by atoms with Crippen LogP contribution in [0.1, 0.15) is 36.9 Å². The Bertz CT molecular complexity index is 834. The second-order valence-corrected chi connectivity index (χ2v) is 8.32. The number of aromatic nitrogens is 1. The second-order valence-electron chi connectivity index (χ2n) is 6.34. The molecule has 4 nitrogen and oxygen atoms in total. The molecule has 6 heteroatoms. The normalized spacial score (nSPS) is 17.9. The quantitative estimate of drug-likeness (QED) is 0.862. The Morgan fingerprint density at radius 2 is 1.91 bits per heavy atom. The molecule has 23 heavy (non-hydrogen) atoms. The van der Waals surface area contributed by atoms with E-state index in [9.17, 15) is 12.8 Å². The maximum Gasteiger partial charge on any atom is 0.211 e. The zero-order chi connectivity index (χ0) is 16.8. The van der Waals surface area contributed by atoms with Crippen molar-refractivity contribution in [1.82, 2.24) is 8.87 Å². The smallest absolute Gasteiger partial charge is 0.211 e. The van der Waals surface area contributed by atoms with E-state index in [2.05, 4.69) is 18.4 Å². The van der Waals surface area contributed by atoms with Crippen molar-refractivity contribution in [3.05, 3.63) is 35.3 Å². The maximum atomic E-state index is 13.8. The summed E-state index contributed by atoms with van der Waals surface area (Å²) in [4.78, 5) is 0. The molecule has 1 aliphatic heterocycles. The summed E-state index contributed by atoms with van der Waals surface area (Å²) in [6.07, 6.45) is 2.83. The number of hydrogen-bond donors (Lipinski definition) is 0. The molecule has 1 aromatic carbocycles. The predicted octanol–water partition coefficient (Wildman–Crippen LogP) is 3.25. The monoisotopic (exact) mass is 338 g/mol. The molecule has 0 bridgehead atoms. The van der Waals surface area contributed by atoms with E-state index in [1.807, 2.05) is 6.07 Å². The minimum absolute atomic E-state index is 0.222. The van der Waals surface area contributed by atoms with Gasteiger partial charge in [-0.2, -0.15) is 0 Å². The SMILES string of the molecule is CCn1c(C)c(C2CCN(S(C)(=O)=O)CC2)c2cc(F)ccc21. The van der Waals surface area contributed by atoms with Gasteiger partial charge in [-0.1, -0.05) is 0 Å². The van der Waals surface area contributed by atoms with Crippen molar-refractivity contribution in [2.24, 2.45) is 0 Å². The number of fused-ring (bicyclic) bond motifs is 1. The first kappa shape index (κ1) is 16.5. The van der Waals surface area contributed by atoms with Crippen molar-refractivity contribution in [3.8, 4) is 0 Å². The number of halogens is 1. The second kappa shape index (κ2) is 5.91. The van der Waals surface area contributed by atoms with E-state index in [0.29, 0.717) is 13.1 Å². The van der Waals surface area contributed by atoms with Crippen LogP contribution in [0.15, 0.2) is 18.2 Å². The van der Waals surface area contributed by atoms with Crippen LogP contribution in [0.3, 0.4) is 0 Å². The van der Waals surface area contributed by atoms with Gasteiger partial charge in [-0.05, 0) is 56.4 Å². The molecule has 2 heterocycles. The maximum absolute atomic E-state index is 13.8. The lowest BCUT2D eigenvalue weighted by molar-refractivity contribution is 0.321. The van der Waals surface area contributed by atoms with Gasteiger partial charge in [0.2, 0.25) is 10.0 Å². The molecular formula is C17H23FN2O2S. The van der Waals surface area contributed by atoms with Gasteiger partial charge in [0.25, 0.3) is 0 Å². The first-order chi connectivity index (χ1) is 10.8. The molecule has 0 spiro atoms. The number of benzene rings is 1. The lowest BCUT2D eigenvalue weighted by atomic mass is 9.88. The molecular weight excluding hydrogens is 315 g/mol. The molecule has 0 atom stereocenters. The summed E-state index contributed by atoms with van der Waals surface area (Å²) in [5.74, 6) is 0.0608. The molecule has 1 saturated heterocycles. The molecule has 0 N–H and O–H groups in total. The van der Waals surface area contributed by atoms with E-state index in [4.69, 9.17) is 0 Å². The summed E-state index contributed by atoms with van der Waals surface area (Å²) >= 11 is 0. The van der Waals surface area contributed by atoms with Gasteiger partial charge in [0.15, 0.2) is 0 Å². The molecule has 0 saturated carbocycles. The van der Waals surface area contributed by atoms with E-state index in [0.717, 1.165) is 30.3 Å². The van der Waals surface area contributed by atoms with Crippen LogP contribution >= 0.6 is 0 Å². The summed E-state index contributed by atoms with van der Waals surface area (Å²) < 4.78 is 40.9. The van der Waals surface area contributed by atoms with Gasteiger partial charge < -0.3 is 4.57 Å². The van der Waals surface area contributed by atoms with E-state index in [1.54, 1.807) is 10.4 Å². The molecule has 2 aromatic rings. The van der Waals surface area contributed by atoms with Crippen molar-refractivity contribution in [2.45, 2.75) is 39.2 Å². The van der Waals surface area contributed by atoms with Crippen molar-refractivity contribution >= 4 is 20.9 Å². The van der Waals surface area contributed by atoms with Crippen molar-refractivity contribution in [1.29, 1.82) is 0 Å². The van der Waals surface area contributed by atoms with Gasteiger partial charge in [-0.3, -0.25) is 0 Å². The van der Waals surface area contributed by atoms with Crippen LogP contribution < -0.4 is 0 Å². The van der Waals surface area contributed by atoms with Gasteiger partial charge in [0.05, 0.1) is 6.26 Å². The topological polar surface area (TPSA) is 42.3 Å². The number of hydrogen-bond acceptors (Lipinski definition) is 2. The van der Waals surface area contributed by atoms with E-state index >= 15 is 0 Å². The Morgan fingerprint density at radius 1 is 1.26 bits per heavy atom. The predicted molar refractivity (Wildman–Crippen MR) is 90.7 cm³/mol. The van der Waals surface area contributed by atoms with Crippen LogP contribution in [0.25, 0.3) is 10.9 Å². The molecule has 0 radical (unpaired) electrons.